The largest absolute Gasteiger partial charge is 0.314 e. The SMILES string of the molecule is Cc1ccc2cc3c4ccccc4nc(-c4cccc5ccccc45)c3n2c1. The molecule has 0 radical (unpaired) electrons. The maximum absolute atomic E-state index is 5.15. The minimum atomic E-state index is 1.03. The van der Waals surface area contributed by atoms with Crippen LogP contribution in [0.5, 0.6) is 0 Å². The van der Waals surface area contributed by atoms with E-state index in [-0.39, 0.29) is 0 Å². The number of fused-ring (bicyclic) bond motifs is 6. The van der Waals surface area contributed by atoms with Crippen LogP contribution in [0.25, 0.3) is 49.4 Å². The Morgan fingerprint density at radius 2 is 1.50 bits per heavy atom. The van der Waals surface area contributed by atoms with Crippen molar-refractivity contribution in [2.75, 3.05) is 0 Å². The molecule has 3 aromatic heterocycles. The van der Waals surface area contributed by atoms with Gasteiger partial charge in [0.15, 0.2) is 0 Å². The first-order chi connectivity index (χ1) is 13.8. The molecule has 0 atom stereocenters. The average Bonchev–Trinajstić information content (AvgIpc) is 3.12. The molecule has 0 aliphatic heterocycles. The van der Waals surface area contributed by atoms with Crippen LogP contribution in [0.2, 0.25) is 0 Å². The summed E-state index contributed by atoms with van der Waals surface area (Å²) in [6, 6.07) is 30.1. The summed E-state index contributed by atoms with van der Waals surface area (Å²) in [5, 5.41) is 4.92. The van der Waals surface area contributed by atoms with E-state index in [1.54, 1.807) is 0 Å². The van der Waals surface area contributed by atoms with Crippen molar-refractivity contribution in [1.29, 1.82) is 0 Å². The van der Waals surface area contributed by atoms with Crippen LogP contribution in [0.1, 0.15) is 5.56 Å². The maximum Gasteiger partial charge on any atom is 0.0962 e. The van der Waals surface area contributed by atoms with Crippen molar-refractivity contribution in [1.82, 2.24) is 9.38 Å². The van der Waals surface area contributed by atoms with Crippen molar-refractivity contribution >= 4 is 38.1 Å². The average molecular weight is 358 g/mol. The molecule has 3 heterocycles. The number of aryl methyl sites for hydroxylation is 1. The van der Waals surface area contributed by atoms with Gasteiger partial charge in [0.2, 0.25) is 0 Å². The quantitative estimate of drug-likeness (QED) is 0.317. The Labute approximate surface area is 162 Å². The Morgan fingerprint density at radius 1 is 0.714 bits per heavy atom. The van der Waals surface area contributed by atoms with Crippen molar-refractivity contribution < 1.29 is 0 Å². The zero-order valence-electron chi connectivity index (χ0n) is 15.6. The summed E-state index contributed by atoms with van der Waals surface area (Å²) in [5.74, 6) is 0. The van der Waals surface area contributed by atoms with Gasteiger partial charge in [-0.2, -0.15) is 0 Å². The zero-order chi connectivity index (χ0) is 18.7. The fourth-order valence-electron chi connectivity index (χ4n) is 4.31. The molecule has 0 aliphatic carbocycles. The fraction of sp³-hybridized carbons (Fsp3) is 0.0385. The van der Waals surface area contributed by atoms with Crippen LogP contribution < -0.4 is 0 Å². The molecule has 0 amide bonds. The minimum absolute atomic E-state index is 1.03. The topological polar surface area (TPSA) is 17.3 Å². The lowest BCUT2D eigenvalue weighted by Gasteiger charge is -2.11. The summed E-state index contributed by atoms with van der Waals surface area (Å²) in [4.78, 5) is 5.15. The van der Waals surface area contributed by atoms with E-state index in [1.165, 1.54) is 43.7 Å². The third kappa shape index (κ3) is 2.12. The highest BCUT2D eigenvalue weighted by Gasteiger charge is 2.16. The lowest BCUT2D eigenvalue weighted by molar-refractivity contribution is 1.20. The number of aromatic nitrogens is 2. The van der Waals surface area contributed by atoms with Crippen LogP contribution in [0.4, 0.5) is 0 Å². The molecular weight excluding hydrogens is 340 g/mol. The molecule has 6 aromatic rings. The summed E-state index contributed by atoms with van der Waals surface area (Å²) in [6.07, 6.45) is 2.21. The van der Waals surface area contributed by atoms with Crippen LogP contribution in [0.3, 0.4) is 0 Å². The van der Waals surface area contributed by atoms with E-state index in [9.17, 15) is 0 Å². The van der Waals surface area contributed by atoms with Gasteiger partial charge in [-0.1, -0.05) is 66.7 Å². The van der Waals surface area contributed by atoms with Gasteiger partial charge < -0.3 is 4.40 Å². The van der Waals surface area contributed by atoms with Crippen molar-refractivity contribution in [2.45, 2.75) is 6.92 Å². The summed E-state index contributed by atoms with van der Waals surface area (Å²) < 4.78 is 2.29. The molecule has 0 saturated carbocycles. The van der Waals surface area contributed by atoms with E-state index in [4.69, 9.17) is 4.98 Å². The Kier molecular flexibility index (Phi) is 3.12. The van der Waals surface area contributed by atoms with Crippen LogP contribution >= 0.6 is 0 Å². The second-order valence-electron chi connectivity index (χ2n) is 7.41. The first-order valence-corrected chi connectivity index (χ1v) is 9.58. The van der Waals surface area contributed by atoms with Crippen molar-refractivity contribution in [2.24, 2.45) is 0 Å². The second kappa shape index (κ2) is 5.67. The van der Waals surface area contributed by atoms with Gasteiger partial charge in [-0.15, -0.1) is 0 Å². The van der Waals surface area contributed by atoms with Crippen LogP contribution in [-0.4, -0.2) is 9.38 Å². The zero-order valence-corrected chi connectivity index (χ0v) is 15.6. The summed E-state index contributed by atoms with van der Waals surface area (Å²) in [6.45, 7) is 2.14. The number of nitrogens with zero attached hydrogens (tertiary/aromatic N) is 2. The Hall–Kier alpha value is -3.65. The minimum Gasteiger partial charge on any atom is -0.314 e. The molecular formula is C26H18N2. The van der Waals surface area contributed by atoms with Crippen LogP contribution in [-0.2, 0) is 0 Å². The lowest BCUT2D eigenvalue weighted by atomic mass is 9.99. The molecule has 0 aliphatic rings. The lowest BCUT2D eigenvalue weighted by Crippen LogP contribution is -1.93. The van der Waals surface area contributed by atoms with Gasteiger partial charge in [0.05, 0.1) is 16.7 Å². The van der Waals surface area contributed by atoms with Crippen molar-refractivity contribution in [3.8, 4) is 11.3 Å². The molecule has 6 rings (SSSR count). The predicted molar refractivity (Wildman–Crippen MR) is 118 cm³/mol. The summed E-state index contributed by atoms with van der Waals surface area (Å²) in [7, 11) is 0. The first-order valence-electron chi connectivity index (χ1n) is 9.58. The molecule has 0 saturated heterocycles. The second-order valence-corrected chi connectivity index (χ2v) is 7.41. The van der Waals surface area contributed by atoms with Crippen LogP contribution in [0, 0.1) is 6.92 Å². The summed E-state index contributed by atoms with van der Waals surface area (Å²) in [5.41, 5.74) is 6.85. The molecule has 0 spiro atoms. The number of rotatable bonds is 1. The highest BCUT2D eigenvalue weighted by molar-refractivity contribution is 6.14. The third-order valence-corrected chi connectivity index (χ3v) is 5.61. The standard InChI is InChI=1S/C26H18N2/c1-17-13-14-19-15-23-21-10-4-5-12-24(21)27-25(26(23)28(19)16-17)22-11-6-8-18-7-2-3-9-20(18)22/h2-16H,1H3. The number of para-hydroxylation sites is 1. The van der Waals surface area contributed by atoms with E-state index >= 15 is 0 Å². The highest BCUT2D eigenvalue weighted by Crippen LogP contribution is 2.37. The number of pyridine rings is 2. The molecule has 0 fully saturated rings. The van der Waals surface area contributed by atoms with E-state index in [0.717, 1.165) is 11.2 Å². The maximum atomic E-state index is 5.15. The number of hydrogen-bond acceptors (Lipinski definition) is 1. The van der Waals surface area contributed by atoms with Gasteiger partial charge in [0.1, 0.15) is 0 Å². The van der Waals surface area contributed by atoms with E-state index in [2.05, 4.69) is 102 Å². The number of hydrogen-bond donors (Lipinski definition) is 0. The van der Waals surface area contributed by atoms with Gasteiger partial charge in [-0.25, -0.2) is 4.98 Å². The molecule has 2 nitrogen and oxygen atoms in total. The molecule has 0 bridgehead atoms. The monoisotopic (exact) mass is 358 g/mol. The molecule has 3 aromatic carbocycles. The molecule has 0 N–H and O–H groups in total. The fourth-order valence-corrected chi connectivity index (χ4v) is 4.31. The third-order valence-electron chi connectivity index (χ3n) is 5.61. The predicted octanol–water partition coefficient (Wildman–Crippen LogP) is 6.77. The van der Waals surface area contributed by atoms with Crippen molar-refractivity contribution in [3.05, 3.63) is 96.7 Å². The van der Waals surface area contributed by atoms with Gasteiger partial charge in [-0.3, -0.25) is 0 Å². The Bertz CT molecular complexity index is 1520. The van der Waals surface area contributed by atoms with Gasteiger partial charge in [0, 0.05) is 28.0 Å². The van der Waals surface area contributed by atoms with E-state index in [1.807, 2.05) is 0 Å². The van der Waals surface area contributed by atoms with Gasteiger partial charge in [0.25, 0.3) is 0 Å². The Morgan fingerprint density at radius 3 is 2.43 bits per heavy atom. The van der Waals surface area contributed by atoms with Gasteiger partial charge >= 0.3 is 0 Å². The van der Waals surface area contributed by atoms with E-state index in [0.29, 0.717) is 0 Å². The molecule has 132 valence electrons. The highest BCUT2D eigenvalue weighted by atomic mass is 14.9. The van der Waals surface area contributed by atoms with E-state index < -0.39 is 0 Å². The van der Waals surface area contributed by atoms with Crippen LogP contribution in [0.15, 0.2) is 91.1 Å². The van der Waals surface area contributed by atoms with Crippen molar-refractivity contribution in [3.63, 3.8) is 0 Å². The van der Waals surface area contributed by atoms with Gasteiger partial charge in [-0.05, 0) is 41.5 Å². The number of benzene rings is 3. The summed E-state index contributed by atoms with van der Waals surface area (Å²) >= 11 is 0. The molecule has 28 heavy (non-hydrogen) atoms. The first kappa shape index (κ1) is 15.4. The Balaban J connectivity index is 1.88. The normalized spacial score (nSPS) is 11.8. The molecule has 0 unspecified atom stereocenters. The molecule has 2 heteroatoms. The smallest absolute Gasteiger partial charge is 0.0962 e.